The molecular formula is C24H20BrN3O3S. The zero-order valence-electron chi connectivity index (χ0n) is 17.5. The number of halogens is 1. The first-order valence-electron chi connectivity index (χ1n) is 9.93. The summed E-state index contributed by atoms with van der Waals surface area (Å²) < 4.78 is 8.01. The predicted octanol–water partition coefficient (Wildman–Crippen LogP) is 5.65. The summed E-state index contributed by atoms with van der Waals surface area (Å²) in [5.74, 6) is -0.480. The molecule has 0 unspecified atom stereocenters. The van der Waals surface area contributed by atoms with Gasteiger partial charge in [0.25, 0.3) is 5.91 Å². The molecule has 0 saturated carbocycles. The van der Waals surface area contributed by atoms with Gasteiger partial charge in [-0.1, -0.05) is 22.0 Å². The largest absolute Gasteiger partial charge is 0.462 e. The van der Waals surface area contributed by atoms with Crippen molar-refractivity contribution < 1.29 is 14.3 Å². The smallest absolute Gasteiger partial charge is 0.338 e. The van der Waals surface area contributed by atoms with Gasteiger partial charge in [-0.2, -0.15) is 0 Å². The van der Waals surface area contributed by atoms with Gasteiger partial charge in [0, 0.05) is 29.1 Å². The van der Waals surface area contributed by atoms with E-state index in [1.807, 2.05) is 53.2 Å². The van der Waals surface area contributed by atoms with Gasteiger partial charge in [0.2, 0.25) is 0 Å². The Balaban J connectivity index is 1.58. The lowest BCUT2D eigenvalue weighted by Crippen LogP contribution is -2.23. The van der Waals surface area contributed by atoms with Crippen LogP contribution in [0.2, 0.25) is 0 Å². The minimum Gasteiger partial charge on any atom is -0.462 e. The topological polar surface area (TPSA) is 63.9 Å². The SMILES string of the molecule is CCOC(=O)c1ccc(N=C2S/C(=C\c3cccn3-c3cccc(Br)c3)C(=O)N2C)cc1. The number of hydrogen-bond acceptors (Lipinski definition) is 5. The molecule has 1 aromatic heterocycles. The zero-order valence-corrected chi connectivity index (χ0v) is 19.9. The summed E-state index contributed by atoms with van der Waals surface area (Å²) in [6.07, 6.45) is 3.83. The molecule has 0 bridgehead atoms. The molecule has 0 atom stereocenters. The molecule has 6 nitrogen and oxygen atoms in total. The molecule has 32 heavy (non-hydrogen) atoms. The average molecular weight is 510 g/mol. The van der Waals surface area contributed by atoms with Crippen LogP contribution in [-0.2, 0) is 9.53 Å². The second kappa shape index (κ2) is 9.58. The van der Waals surface area contributed by atoms with Crippen LogP contribution in [0.15, 0.2) is 81.2 Å². The number of esters is 1. The number of rotatable bonds is 5. The highest BCUT2D eigenvalue weighted by atomic mass is 79.9. The Morgan fingerprint density at radius 3 is 2.66 bits per heavy atom. The molecule has 1 saturated heterocycles. The Kier molecular flexibility index (Phi) is 6.62. The Bertz CT molecular complexity index is 1230. The lowest BCUT2D eigenvalue weighted by atomic mass is 10.2. The number of aliphatic imine (C=N–C) groups is 1. The molecule has 162 valence electrons. The molecular weight excluding hydrogens is 490 g/mol. The molecule has 0 N–H and O–H groups in total. The second-order valence-corrected chi connectivity index (χ2v) is 8.84. The van der Waals surface area contributed by atoms with E-state index in [0.29, 0.717) is 27.9 Å². The highest BCUT2D eigenvalue weighted by Crippen LogP contribution is 2.33. The van der Waals surface area contributed by atoms with Gasteiger partial charge in [0.1, 0.15) is 0 Å². The van der Waals surface area contributed by atoms with Crippen LogP contribution >= 0.6 is 27.7 Å². The lowest BCUT2D eigenvalue weighted by Gasteiger charge is -2.08. The number of amidine groups is 1. The minimum absolute atomic E-state index is 0.112. The molecule has 0 radical (unpaired) electrons. The van der Waals surface area contributed by atoms with Crippen molar-refractivity contribution in [1.82, 2.24) is 9.47 Å². The van der Waals surface area contributed by atoms with Crippen LogP contribution in [-0.4, -0.2) is 40.2 Å². The first-order valence-corrected chi connectivity index (χ1v) is 11.5. The van der Waals surface area contributed by atoms with E-state index in [-0.39, 0.29) is 11.9 Å². The average Bonchev–Trinajstić information content (AvgIpc) is 3.35. The molecule has 1 aliphatic heterocycles. The number of nitrogens with zero attached hydrogens (tertiary/aromatic N) is 3. The fourth-order valence-corrected chi connectivity index (χ4v) is 4.51. The van der Waals surface area contributed by atoms with Crippen molar-refractivity contribution in [3.63, 3.8) is 0 Å². The molecule has 1 fully saturated rings. The van der Waals surface area contributed by atoms with Gasteiger partial charge in [-0.05, 0) is 79.4 Å². The van der Waals surface area contributed by atoms with Crippen molar-refractivity contribution in [2.24, 2.45) is 4.99 Å². The van der Waals surface area contributed by atoms with Gasteiger partial charge in [-0.3, -0.25) is 9.69 Å². The van der Waals surface area contributed by atoms with E-state index in [0.717, 1.165) is 15.9 Å². The summed E-state index contributed by atoms with van der Waals surface area (Å²) in [6.45, 7) is 2.09. The van der Waals surface area contributed by atoms with Crippen molar-refractivity contribution in [2.45, 2.75) is 6.92 Å². The van der Waals surface area contributed by atoms with Gasteiger partial charge < -0.3 is 9.30 Å². The zero-order chi connectivity index (χ0) is 22.7. The van der Waals surface area contributed by atoms with Crippen molar-refractivity contribution in [1.29, 1.82) is 0 Å². The molecule has 1 aliphatic rings. The van der Waals surface area contributed by atoms with Crippen molar-refractivity contribution in [3.8, 4) is 5.69 Å². The maximum Gasteiger partial charge on any atom is 0.338 e. The molecule has 1 amide bonds. The van der Waals surface area contributed by atoms with Crippen LogP contribution in [0.4, 0.5) is 5.69 Å². The first-order chi connectivity index (χ1) is 15.5. The van der Waals surface area contributed by atoms with Gasteiger partial charge in [-0.25, -0.2) is 9.79 Å². The predicted molar refractivity (Wildman–Crippen MR) is 131 cm³/mol. The van der Waals surface area contributed by atoms with E-state index < -0.39 is 0 Å². The minimum atomic E-state index is -0.368. The Morgan fingerprint density at radius 2 is 1.94 bits per heavy atom. The summed E-state index contributed by atoms with van der Waals surface area (Å²) in [7, 11) is 1.70. The Hall–Kier alpha value is -3.10. The molecule has 2 heterocycles. The van der Waals surface area contributed by atoms with Gasteiger partial charge >= 0.3 is 5.97 Å². The maximum absolute atomic E-state index is 12.8. The van der Waals surface area contributed by atoms with Gasteiger partial charge in [-0.15, -0.1) is 0 Å². The monoisotopic (exact) mass is 509 g/mol. The van der Waals surface area contributed by atoms with E-state index in [2.05, 4.69) is 20.9 Å². The van der Waals surface area contributed by atoms with Gasteiger partial charge in [0.05, 0.1) is 22.8 Å². The third-order valence-corrected chi connectivity index (χ3v) is 6.31. The van der Waals surface area contributed by atoms with Crippen molar-refractivity contribution in [2.75, 3.05) is 13.7 Å². The number of benzene rings is 2. The third-order valence-electron chi connectivity index (χ3n) is 4.75. The summed E-state index contributed by atoms with van der Waals surface area (Å²) >= 11 is 4.82. The van der Waals surface area contributed by atoms with Crippen LogP contribution in [0.3, 0.4) is 0 Å². The summed E-state index contributed by atoms with van der Waals surface area (Å²) in [5.41, 5.74) is 3.01. The molecule has 8 heteroatoms. The number of amides is 1. The van der Waals surface area contributed by atoms with E-state index in [9.17, 15) is 9.59 Å². The number of ether oxygens (including phenoxy) is 1. The number of thioether (sulfide) groups is 1. The molecule has 3 aromatic rings. The maximum atomic E-state index is 12.8. The Labute approximate surface area is 198 Å². The summed E-state index contributed by atoms with van der Waals surface area (Å²) in [6, 6.07) is 18.7. The quantitative estimate of drug-likeness (QED) is 0.329. The number of aromatic nitrogens is 1. The molecule has 0 aliphatic carbocycles. The Morgan fingerprint density at radius 1 is 1.16 bits per heavy atom. The van der Waals surface area contributed by atoms with Crippen molar-refractivity contribution in [3.05, 3.63) is 87.5 Å². The first kappa shape index (κ1) is 22.1. The van der Waals surface area contributed by atoms with Crippen LogP contribution in [0.25, 0.3) is 11.8 Å². The highest BCUT2D eigenvalue weighted by Gasteiger charge is 2.30. The van der Waals surface area contributed by atoms with Gasteiger partial charge in [0.15, 0.2) is 5.17 Å². The van der Waals surface area contributed by atoms with E-state index in [1.165, 1.54) is 16.7 Å². The number of carbonyl (C=O) groups is 2. The van der Waals surface area contributed by atoms with Crippen LogP contribution in [0.1, 0.15) is 23.0 Å². The third kappa shape index (κ3) is 4.71. The van der Waals surface area contributed by atoms with Crippen molar-refractivity contribution >= 4 is 56.5 Å². The van der Waals surface area contributed by atoms with Crippen LogP contribution < -0.4 is 0 Å². The standard InChI is InChI=1S/C24H20BrN3O3S/c1-3-31-23(30)16-9-11-18(12-10-16)26-24-27(2)22(29)21(32-24)15-20-8-5-13-28(20)19-7-4-6-17(25)14-19/h4-15H,3H2,1-2H3/b21-15-,26-24?. The lowest BCUT2D eigenvalue weighted by molar-refractivity contribution is -0.121. The molecule has 4 rings (SSSR count). The van der Waals surface area contributed by atoms with E-state index in [1.54, 1.807) is 38.2 Å². The molecule has 0 spiro atoms. The number of hydrogen-bond donors (Lipinski definition) is 0. The number of carbonyl (C=O) groups excluding carboxylic acids is 2. The highest BCUT2D eigenvalue weighted by molar-refractivity contribution is 9.10. The molecule has 2 aromatic carbocycles. The summed E-state index contributed by atoms with van der Waals surface area (Å²) in [5, 5.41) is 0.575. The van der Waals surface area contributed by atoms with Crippen LogP contribution in [0.5, 0.6) is 0 Å². The van der Waals surface area contributed by atoms with E-state index in [4.69, 9.17) is 4.74 Å². The van der Waals surface area contributed by atoms with E-state index >= 15 is 0 Å². The normalized spacial score (nSPS) is 16.2. The van der Waals surface area contributed by atoms with Crippen LogP contribution in [0, 0.1) is 0 Å². The second-order valence-electron chi connectivity index (χ2n) is 6.92. The fraction of sp³-hybridized carbons (Fsp3) is 0.125. The summed E-state index contributed by atoms with van der Waals surface area (Å²) in [4.78, 5) is 31.3. The number of likely N-dealkylation sites (N-methyl/N-ethyl adjacent to an activating group) is 1. The fourth-order valence-electron chi connectivity index (χ4n) is 3.16.